The van der Waals surface area contributed by atoms with Gasteiger partial charge in [0, 0.05) is 43.6 Å². The van der Waals surface area contributed by atoms with E-state index in [1.807, 2.05) is 25.3 Å². The van der Waals surface area contributed by atoms with Crippen molar-refractivity contribution in [1.82, 2.24) is 15.2 Å². The number of pyridine rings is 1. The first kappa shape index (κ1) is 11.1. The minimum absolute atomic E-state index is 0.157. The number of piperazine rings is 1. The van der Waals surface area contributed by atoms with Gasteiger partial charge in [0.1, 0.15) is 6.04 Å². The maximum Gasteiger partial charge on any atom is 0.125 e. The topological polar surface area (TPSA) is 52.0 Å². The standard InChI is InChI=1S/C12H16N4/c1-10-2-3-11(9-15-10)12(8-13)16-6-4-14-5-7-16/h2-3,9,12,14H,4-7H2,1H3. The second kappa shape index (κ2) is 5.06. The first-order valence-corrected chi connectivity index (χ1v) is 5.58. The molecule has 1 saturated heterocycles. The van der Waals surface area contributed by atoms with E-state index in [4.69, 9.17) is 0 Å². The van der Waals surface area contributed by atoms with Crippen LogP contribution < -0.4 is 5.32 Å². The lowest BCUT2D eigenvalue weighted by atomic mass is 10.1. The van der Waals surface area contributed by atoms with Crippen molar-refractivity contribution in [3.63, 3.8) is 0 Å². The van der Waals surface area contributed by atoms with Gasteiger partial charge in [-0.15, -0.1) is 0 Å². The lowest BCUT2D eigenvalue weighted by molar-refractivity contribution is 0.207. The van der Waals surface area contributed by atoms with E-state index < -0.39 is 0 Å². The highest BCUT2D eigenvalue weighted by Gasteiger charge is 2.21. The molecule has 0 amide bonds. The first-order chi connectivity index (χ1) is 7.81. The fourth-order valence-electron chi connectivity index (χ4n) is 1.95. The third kappa shape index (κ3) is 2.38. The average molecular weight is 216 g/mol. The van der Waals surface area contributed by atoms with E-state index in [0.29, 0.717) is 0 Å². The van der Waals surface area contributed by atoms with Crippen LogP contribution in [0.4, 0.5) is 0 Å². The molecule has 0 aliphatic carbocycles. The molecule has 0 spiro atoms. The molecule has 4 heteroatoms. The molecule has 1 aromatic rings. The first-order valence-electron chi connectivity index (χ1n) is 5.58. The Balaban J connectivity index is 2.15. The Morgan fingerprint density at radius 3 is 2.75 bits per heavy atom. The molecular weight excluding hydrogens is 200 g/mol. The molecule has 84 valence electrons. The molecule has 0 radical (unpaired) electrons. The van der Waals surface area contributed by atoms with Gasteiger partial charge < -0.3 is 5.32 Å². The van der Waals surface area contributed by atoms with Crippen molar-refractivity contribution in [1.29, 1.82) is 5.26 Å². The molecule has 1 aliphatic rings. The molecule has 4 nitrogen and oxygen atoms in total. The third-order valence-corrected chi connectivity index (χ3v) is 2.89. The summed E-state index contributed by atoms with van der Waals surface area (Å²) in [4.78, 5) is 6.45. The minimum Gasteiger partial charge on any atom is -0.314 e. The lowest BCUT2D eigenvalue weighted by Crippen LogP contribution is -2.44. The van der Waals surface area contributed by atoms with Crippen molar-refractivity contribution < 1.29 is 0 Å². The Kier molecular flexibility index (Phi) is 3.50. The molecular formula is C12H16N4. The highest BCUT2D eigenvalue weighted by atomic mass is 15.2. The average Bonchev–Trinajstić information content (AvgIpc) is 2.34. The van der Waals surface area contributed by atoms with Crippen LogP contribution in [0.5, 0.6) is 0 Å². The summed E-state index contributed by atoms with van der Waals surface area (Å²) in [6.07, 6.45) is 1.81. The van der Waals surface area contributed by atoms with Crippen molar-refractivity contribution >= 4 is 0 Å². The summed E-state index contributed by atoms with van der Waals surface area (Å²) in [5, 5.41) is 12.5. The number of nitrogens with zero attached hydrogens (tertiary/aromatic N) is 3. The summed E-state index contributed by atoms with van der Waals surface area (Å²) >= 11 is 0. The van der Waals surface area contributed by atoms with Crippen LogP contribution in [0.1, 0.15) is 17.3 Å². The highest BCUT2D eigenvalue weighted by molar-refractivity contribution is 5.22. The van der Waals surface area contributed by atoms with Gasteiger partial charge in [-0.2, -0.15) is 5.26 Å². The monoisotopic (exact) mass is 216 g/mol. The van der Waals surface area contributed by atoms with E-state index in [1.165, 1.54) is 0 Å². The minimum atomic E-state index is -0.157. The summed E-state index contributed by atoms with van der Waals surface area (Å²) in [6, 6.07) is 6.17. The molecule has 2 rings (SSSR count). The molecule has 0 bridgehead atoms. The smallest absolute Gasteiger partial charge is 0.125 e. The van der Waals surface area contributed by atoms with Crippen LogP contribution in [-0.4, -0.2) is 36.1 Å². The van der Waals surface area contributed by atoms with Gasteiger partial charge in [0.05, 0.1) is 6.07 Å². The number of hydrogen-bond donors (Lipinski definition) is 1. The summed E-state index contributed by atoms with van der Waals surface area (Å²) in [5.74, 6) is 0. The molecule has 1 unspecified atom stereocenters. The number of hydrogen-bond acceptors (Lipinski definition) is 4. The summed E-state index contributed by atoms with van der Waals surface area (Å²) in [5.41, 5.74) is 1.98. The maximum absolute atomic E-state index is 9.26. The Hall–Kier alpha value is -1.44. The Morgan fingerprint density at radius 1 is 1.44 bits per heavy atom. The zero-order valence-electron chi connectivity index (χ0n) is 9.48. The predicted molar refractivity (Wildman–Crippen MR) is 61.8 cm³/mol. The van der Waals surface area contributed by atoms with Crippen molar-refractivity contribution in [2.45, 2.75) is 13.0 Å². The van der Waals surface area contributed by atoms with Crippen molar-refractivity contribution in [3.05, 3.63) is 29.6 Å². The van der Waals surface area contributed by atoms with Gasteiger partial charge in [-0.3, -0.25) is 9.88 Å². The Morgan fingerprint density at radius 2 is 2.19 bits per heavy atom. The van der Waals surface area contributed by atoms with E-state index in [-0.39, 0.29) is 6.04 Å². The number of nitriles is 1. The van der Waals surface area contributed by atoms with E-state index in [1.54, 1.807) is 0 Å². The van der Waals surface area contributed by atoms with Gasteiger partial charge in [-0.1, -0.05) is 6.07 Å². The van der Waals surface area contributed by atoms with Crippen LogP contribution in [0.3, 0.4) is 0 Å². The molecule has 1 aliphatic heterocycles. The molecule has 1 N–H and O–H groups in total. The Labute approximate surface area is 95.9 Å². The number of aryl methyl sites for hydroxylation is 1. The van der Waals surface area contributed by atoms with Crippen molar-refractivity contribution in [3.8, 4) is 6.07 Å². The quantitative estimate of drug-likeness (QED) is 0.796. The van der Waals surface area contributed by atoms with E-state index in [0.717, 1.165) is 37.4 Å². The van der Waals surface area contributed by atoms with Gasteiger partial charge in [0.25, 0.3) is 0 Å². The fourth-order valence-corrected chi connectivity index (χ4v) is 1.95. The third-order valence-electron chi connectivity index (χ3n) is 2.89. The van der Waals surface area contributed by atoms with Gasteiger partial charge in [-0.05, 0) is 13.0 Å². The molecule has 1 atom stereocenters. The molecule has 2 heterocycles. The maximum atomic E-state index is 9.26. The lowest BCUT2D eigenvalue weighted by Gasteiger charge is -2.31. The van der Waals surface area contributed by atoms with Gasteiger partial charge in [0.2, 0.25) is 0 Å². The second-order valence-electron chi connectivity index (χ2n) is 4.05. The summed E-state index contributed by atoms with van der Waals surface area (Å²) in [7, 11) is 0. The molecule has 0 aromatic carbocycles. The van der Waals surface area contributed by atoms with Crippen molar-refractivity contribution in [2.24, 2.45) is 0 Å². The number of rotatable bonds is 2. The zero-order valence-corrected chi connectivity index (χ0v) is 9.48. The number of aromatic nitrogens is 1. The van der Waals surface area contributed by atoms with Crippen LogP contribution in [-0.2, 0) is 0 Å². The normalized spacial score (nSPS) is 19.0. The van der Waals surface area contributed by atoms with Crippen molar-refractivity contribution in [2.75, 3.05) is 26.2 Å². The van der Waals surface area contributed by atoms with Crippen LogP contribution in [0.25, 0.3) is 0 Å². The van der Waals surface area contributed by atoms with E-state index in [9.17, 15) is 5.26 Å². The van der Waals surface area contributed by atoms with Crippen LogP contribution in [0.15, 0.2) is 18.3 Å². The predicted octanol–water partition coefficient (Wildman–Crippen LogP) is 0.860. The van der Waals surface area contributed by atoms with Crippen LogP contribution in [0.2, 0.25) is 0 Å². The van der Waals surface area contributed by atoms with E-state index in [2.05, 4.69) is 21.3 Å². The summed E-state index contributed by atoms with van der Waals surface area (Å²) in [6.45, 7) is 5.71. The second-order valence-corrected chi connectivity index (χ2v) is 4.05. The van der Waals surface area contributed by atoms with Crippen LogP contribution >= 0.6 is 0 Å². The fraction of sp³-hybridized carbons (Fsp3) is 0.500. The van der Waals surface area contributed by atoms with Gasteiger partial charge >= 0.3 is 0 Å². The SMILES string of the molecule is Cc1ccc(C(C#N)N2CCNCC2)cn1. The van der Waals surface area contributed by atoms with Gasteiger partial charge in [0.15, 0.2) is 0 Å². The van der Waals surface area contributed by atoms with Gasteiger partial charge in [-0.25, -0.2) is 0 Å². The Bertz CT molecular complexity index is 373. The molecule has 16 heavy (non-hydrogen) atoms. The highest BCUT2D eigenvalue weighted by Crippen LogP contribution is 2.19. The molecule has 1 fully saturated rings. The van der Waals surface area contributed by atoms with Crippen LogP contribution in [0, 0.1) is 18.3 Å². The number of nitrogens with one attached hydrogen (secondary N) is 1. The molecule has 0 saturated carbocycles. The summed E-state index contributed by atoms with van der Waals surface area (Å²) < 4.78 is 0. The van der Waals surface area contributed by atoms with E-state index >= 15 is 0 Å². The largest absolute Gasteiger partial charge is 0.314 e. The molecule has 1 aromatic heterocycles. The zero-order chi connectivity index (χ0) is 11.4.